The lowest BCUT2D eigenvalue weighted by Gasteiger charge is -2.18. The third-order valence-corrected chi connectivity index (χ3v) is 3.54. The van der Waals surface area contributed by atoms with Crippen molar-refractivity contribution in [3.05, 3.63) is 52.5 Å². The minimum atomic E-state index is -0.450. The van der Waals surface area contributed by atoms with Gasteiger partial charge in [0.2, 0.25) is 0 Å². The van der Waals surface area contributed by atoms with Crippen molar-refractivity contribution in [1.82, 2.24) is 0 Å². The topological polar surface area (TPSA) is 44.8 Å². The second kappa shape index (κ2) is 5.66. The van der Waals surface area contributed by atoms with Gasteiger partial charge in [-0.1, -0.05) is 11.6 Å². The number of carbonyl (C=O) groups excluding carboxylic acids is 1. The van der Waals surface area contributed by atoms with Gasteiger partial charge in [0.05, 0.1) is 5.56 Å². The summed E-state index contributed by atoms with van der Waals surface area (Å²) in [5.74, 6) is 1.20. The fraction of sp³-hybridized carbons (Fsp3) is 0.188. The van der Waals surface area contributed by atoms with Gasteiger partial charge in [0.15, 0.2) is 11.5 Å². The number of fused-ring (bicyclic) bond motifs is 1. The zero-order valence-electron chi connectivity index (χ0n) is 11.4. The molecule has 0 aromatic heterocycles. The van der Waals surface area contributed by atoms with Crippen LogP contribution in [-0.2, 0) is 0 Å². The molecule has 0 spiro atoms. The standard InChI is InChI=1S/C16H13ClO4/c1-10-8-12(3-4-13(10)17)21-16(18)11-2-5-14-15(9-11)20-7-6-19-14/h2-5,8-9H,6-7H2,1H3. The number of hydrogen-bond donors (Lipinski definition) is 0. The third-order valence-electron chi connectivity index (χ3n) is 3.12. The molecule has 3 rings (SSSR count). The molecule has 1 aliphatic rings. The summed E-state index contributed by atoms with van der Waals surface area (Å²) in [6, 6.07) is 10.1. The fourth-order valence-electron chi connectivity index (χ4n) is 2.02. The quantitative estimate of drug-likeness (QED) is 0.627. The number of carbonyl (C=O) groups is 1. The van der Waals surface area contributed by atoms with Gasteiger partial charge in [-0.2, -0.15) is 0 Å². The second-order valence-electron chi connectivity index (χ2n) is 4.66. The first kappa shape index (κ1) is 13.8. The van der Waals surface area contributed by atoms with Crippen LogP contribution in [0.1, 0.15) is 15.9 Å². The van der Waals surface area contributed by atoms with Crippen molar-refractivity contribution in [3.8, 4) is 17.2 Å². The van der Waals surface area contributed by atoms with E-state index in [9.17, 15) is 4.79 Å². The number of ether oxygens (including phenoxy) is 3. The lowest BCUT2D eigenvalue weighted by atomic mass is 10.2. The van der Waals surface area contributed by atoms with E-state index in [-0.39, 0.29) is 0 Å². The molecule has 0 aliphatic carbocycles. The zero-order valence-corrected chi connectivity index (χ0v) is 12.1. The van der Waals surface area contributed by atoms with E-state index < -0.39 is 5.97 Å². The predicted octanol–water partition coefficient (Wildman–Crippen LogP) is 3.64. The Bertz CT molecular complexity index is 697. The summed E-state index contributed by atoms with van der Waals surface area (Å²) in [5.41, 5.74) is 1.26. The molecule has 2 aromatic carbocycles. The molecule has 0 saturated heterocycles. The minimum Gasteiger partial charge on any atom is -0.486 e. The van der Waals surface area contributed by atoms with Crippen LogP contribution < -0.4 is 14.2 Å². The second-order valence-corrected chi connectivity index (χ2v) is 5.07. The van der Waals surface area contributed by atoms with Gasteiger partial charge in [-0.05, 0) is 48.9 Å². The first-order chi connectivity index (χ1) is 10.1. The van der Waals surface area contributed by atoms with Crippen molar-refractivity contribution in [1.29, 1.82) is 0 Å². The molecule has 0 bridgehead atoms. The Kier molecular flexibility index (Phi) is 3.71. The third kappa shape index (κ3) is 2.95. The average molecular weight is 305 g/mol. The van der Waals surface area contributed by atoms with Crippen molar-refractivity contribution in [3.63, 3.8) is 0 Å². The van der Waals surface area contributed by atoms with Gasteiger partial charge in [0.25, 0.3) is 0 Å². The Morgan fingerprint density at radius 2 is 1.86 bits per heavy atom. The summed E-state index contributed by atoms with van der Waals surface area (Å²) < 4.78 is 16.2. The molecule has 0 saturated carbocycles. The monoisotopic (exact) mass is 304 g/mol. The van der Waals surface area contributed by atoms with Crippen LogP contribution in [0.4, 0.5) is 0 Å². The van der Waals surface area contributed by atoms with Gasteiger partial charge >= 0.3 is 5.97 Å². The van der Waals surface area contributed by atoms with Crippen LogP contribution in [0.2, 0.25) is 5.02 Å². The van der Waals surface area contributed by atoms with E-state index in [1.54, 1.807) is 36.4 Å². The van der Waals surface area contributed by atoms with Crippen LogP contribution in [0.15, 0.2) is 36.4 Å². The van der Waals surface area contributed by atoms with Crippen LogP contribution in [0, 0.1) is 6.92 Å². The Morgan fingerprint density at radius 1 is 1.10 bits per heavy atom. The van der Waals surface area contributed by atoms with Crippen molar-refractivity contribution in [2.75, 3.05) is 13.2 Å². The Labute approximate surface area is 127 Å². The van der Waals surface area contributed by atoms with E-state index >= 15 is 0 Å². The number of halogens is 1. The van der Waals surface area contributed by atoms with Crippen LogP contribution in [0.3, 0.4) is 0 Å². The van der Waals surface area contributed by atoms with Crippen LogP contribution in [-0.4, -0.2) is 19.2 Å². The fourth-order valence-corrected chi connectivity index (χ4v) is 2.13. The highest BCUT2D eigenvalue weighted by molar-refractivity contribution is 6.31. The maximum atomic E-state index is 12.1. The lowest BCUT2D eigenvalue weighted by molar-refractivity contribution is 0.0733. The Morgan fingerprint density at radius 3 is 2.62 bits per heavy atom. The highest BCUT2D eigenvalue weighted by Gasteiger charge is 2.16. The van der Waals surface area contributed by atoms with Crippen molar-refractivity contribution in [2.24, 2.45) is 0 Å². The van der Waals surface area contributed by atoms with Crippen molar-refractivity contribution >= 4 is 17.6 Å². The predicted molar refractivity (Wildman–Crippen MR) is 78.6 cm³/mol. The highest BCUT2D eigenvalue weighted by Crippen LogP contribution is 2.31. The molecule has 0 amide bonds. The first-order valence-electron chi connectivity index (χ1n) is 6.51. The average Bonchev–Trinajstić information content (AvgIpc) is 2.50. The normalized spacial score (nSPS) is 12.9. The maximum Gasteiger partial charge on any atom is 0.343 e. The Balaban J connectivity index is 1.80. The summed E-state index contributed by atoms with van der Waals surface area (Å²) in [6.45, 7) is 2.84. The maximum absolute atomic E-state index is 12.1. The van der Waals surface area contributed by atoms with Gasteiger partial charge in [-0.3, -0.25) is 0 Å². The molecule has 0 unspecified atom stereocenters. The van der Waals surface area contributed by atoms with Crippen LogP contribution in [0.25, 0.3) is 0 Å². The van der Waals surface area contributed by atoms with Gasteiger partial charge in [0, 0.05) is 5.02 Å². The molecule has 21 heavy (non-hydrogen) atoms. The number of rotatable bonds is 2. The molecule has 0 N–H and O–H groups in total. The SMILES string of the molecule is Cc1cc(OC(=O)c2ccc3c(c2)OCCO3)ccc1Cl. The Hall–Kier alpha value is -2.20. The molecule has 2 aromatic rings. The molecule has 0 radical (unpaired) electrons. The molecular weight excluding hydrogens is 292 g/mol. The minimum absolute atomic E-state index is 0.409. The number of hydrogen-bond acceptors (Lipinski definition) is 4. The zero-order chi connectivity index (χ0) is 14.8. The number of aryl methyl sites for hydroxylation is 1. The van der Waals surface area contributed by atoms with E-state index in [0.29, 0.717) is 41.0 Å². The molecule has 5 heteroatoms. The highest BCUT2D eigenvalue weighted by atomic mass is 35.5. The lowest BCUT2D eigenvalue weighted by Crippen LogP contribution is -2.16. The van der Waals surface area contributed by atoms with E-state index in [1.165, 1.54) is 0 Å². The molecule has 0 atom stereocenters. The van der Waals surface area contributed by atoms with E-state index in [1.807, 2.05) is 6.92 Å². The number of esters is 1. The van der Waals surface area contributed by atoms with E-state index in [0.717, 1.165) is 5.56 Å². The first-order valence-corrected chi connectivity index (χ1v) is 6.89. The molecule has 1 heterocycles. The molecule has 108 valence electrons. The van der Waals surface area contributed by atoms with Gasteiger partial charge in [-0.15, -0.1) is 0 Å². The van der Waals surface area contributed by atoms with Crippen LogP contribution >= 0.6 is 11.6 Å². The van der Waals surface area contributed by atoms with Gasteiger partial charge in [-0.25, -0.2) is 4.79 Å². The van der Waals surface area contributed by atoms with Gasteiger partial charge < -0.3 is 14.2 Å². The summed E-state index contributed by atoms with van der Waals surface area (Å²) in [6.07, 6.45) is 0. The van der Waals surface area contributed by atoms with Crippen molar-refractivity contribution < 1.29 is 19.0 Å². The molecule has 4 nitrogen and oxygen atoms in total. The molecule has 1 aliphatic heterocycles. The summed E-state index contributed by atoms with van der Waals surface area (Å²) >= 11 is 5.94. The van der Waals surface area contributed by atoms with Gasteiger partial charge in [0.1, 0.15) is 19.0 Å². The summed E-state index contributed by atoms with van der Waals surface area (Å²) in [7, 11) is 0. The van der Waals surface area contributed by atoms with Crippen LogP contribution in [0.5, 0.6) is 17.2 Å². The van der Waals surface area contributed by atoms with E-state index in [2.05, 4.69) is 0 Å². The molecular formula is C16H13ClO4. The van der Waals surface area contributed by atoms with E-state index in [4.69, 9.17) is 25.8 Å². The smallest absolute Gasteiger partial charge is 0.343 e. The number of benzene rings is 2. The largest absolute Gasteiger partial charge is 0.486 e. The summed E-state index contributed by atoms with van der Waals surface area (Å²) in [5, 5.41) is 0.633. The molecule has 0 fully saturated rings. The summed E-state index contributed by atoms with van der Waals surface area (Å²) in [4.78, 5) is 12.1. The van der Waals surface area contributed by atoms with Crippen molar-refractivity contribution in [2.45, 2.75) is 6.92 Å².